The van der Waals surface area contributed by atoms with Crippen LogP contribution in [0.2, 0.25) is 0 Å². The van der Waals surface area contributed by atoms with Crippen LogP contribution in [0.5, 0.6) is 0 Å². The SMILES string of the molecule is O=C(O)C1CCC(C(=O)NC2CCCC2CO)O1. The van der Waals surface area contributed by atoms with Crippen LogP contribution in [0, 0.1) is 5.92 Å². The summed E-state index contributed by atoms with van der Waals surface area (Å²) in [5, 5.41) is 20.8. The van der Waals surface area contributed by atoms with Gasteiger partial charge in [0.05, 0.1) is 0 Å². The second-order valence-corrected chi connectivity index (χ2v) is 5.02. The molecule has 102 valence electrons. The first-order valence-electron chi connectivity index (χ1n) is 6.41. The predicted octanol–water partition coefficient (Wildman–Crippen LogP) is -0.104. The quantitative estimate of drug-likeness (QED) is 0.653. The van der Waals surface area contributed by atoms with E-state index in [-0.39, 0.29) is 24.5 Å². The van der Waals surface area contributed by atoms with E-state index in [4.69, 9.17) is 14.9 Å². The first-order valence-corrected chi connectivity index (χ1v) is 6.41. The molecule has 0 aromatic heterocycles. The van der Waals surface area contributed by atoms with Crippen LogP contribution < -0.4 is 5.32 Å². The number of aliphatic hydroxyl groups is 1. The minimum atomic E-state index is -1.01. The minimum absolute atomic E-state index is 0.00465. The van der Waals surface area contributed by atoms with Crippen LogP contribution in [0.15, 0.2) is 0 Å². The normalized spacial score (nSPS) is 35.6. The summed E-state index contributed by atoms with van der Waals surface area (Å²) < 4.78 is 5.19. The second-order valence-electron chi connectivity index (χ2n) is 5.02. The zero-order valence-corrected chi connectivity index (χ0v) is 10.2. The van der Waals surface area contributed by atoms with Crippen LogP contribution in [0.1, 0.15) is 32.1 Å². The van der Waals surface area contributed by atoms with Gasteiger partial charge in [-0.3, -0.25) is 4.79 Å². The smallest absolute Gasteiger partial charge is 0.332 e. The van der Waals surface area contributed by atoms with Crippen molar-refractivity contribution in [2.24, 2.45) is 5.92 Å². The first kappa shape index (κ1) is 13.3. The standard InChI is InChI=1S/C12H19NO5/c14-6-7-2-1-3-8(7)13-11(15)9-4-5-10(18-9)12(16)17/h7-10,14H,1-6H2,(H,13,15)(H,16,17). The third-order valence-electron chi connectivity index (χ3n) is 3.81. The van der Waals surface area contributed by atoms with E-state index in [9.17, 15) is 9.59 Å². The Morgan fingerprint density at radius 1 is 1.17 bits per heavy atom. The summed E-state index contributed by atoms with van der Waals surface area (Å²) in [6.07, 6.45) is 2.08. The fourth-order valence-corrected chi connectivity index (χ4v) is 2.73. The van der Waals surface area contributed by atoms with Crippen molar-refractivity contribution in [3.63, 3.8) is 0 Å². The molecule has 0 spiro atoms. The Morgan fingerprint density at radius 3 is 2.50 bits per heavy atom. The zero-order chi connectivity index (χ0) is 13.1. The van der Waals surface area contributed by atoms with Crippen LogP contribution in [0.4, 0.5) is 0 Å². The van der Waals surface area contributed by atoms with Crippen LogP contribution in [0.25, 0.3) is 0 Å². The highest BCUT2D eigenvalue weighted by atomic mass is 16.5. The van der Waals surface area contributed by atoms with E-state index >= 15 is 0 Å². The predicted molar refractivity (Wildman–Crippen MR) is 61.9 cm³/mol. The van der Waals surface area contributed by atoms with Gasteiger partial charge in [0.2, 0.25) is 5.91 Å². The Hall–Kier alpha value is -1.14. The molecule has 1 amide bonds. The average molecular weight is 257 g/mol. The van der Waals surface area contributed by atoms with Crippen molar-refractivity contribution in [1.29, 1.82) is 0 Å². The summed E-state index contributed by atoms with van der Waals surface area (Å²) >= 11 is 0. The van der Waals surface area contributed by atoms with E-state index in [0.717, 1.165) is 19.3 Å². The number of carbonyl (C=O) groups is 2. The molecule has 2 aliphatic rings. The molecule has 3 N–H and O–H groups in total. The van der Waals surface area contributed by atoms with Gasteiger partial charge >= 0.3 is 5.97 Å². The molecular weight excluding hydrogens is 238 g/mol. The van der Waals surface area contributed by atoms with Gasteiger partial charge < -0.3 is 20.3 Å². The van der Waals surface area contributed by atoms with Gasteiger partial charge in [0.1, 0.15) is 6.10 Å². The van der Waals surface area contributed by atoms with Crippen molar-refractivity contribution in [2.45, 2.75) is 50.4 Å². The molecule has 0 aromatic rings. The molecule has 4 atom stereocenters. The number of carboxylic acids is 1. The monoisotopic (exact) mass is 257 g/mol. The van der Waals surface area contributed by atoms with E-state index in [1.54, 1.807) is 0 Å². The summed E-state index contributed by atoms with van der Waals surface area (Å²) in [6.45, 7) is 0.0776. The third kappa shape index (κ3) is 2.81. The van der Waals surface area contributed by atoms with Crippen molar-refractivity contribution < 1.29 is 24.5 Å². The average Bonchev–Trinajstić information content (AvgIpc) is 2.96. The molecule has 6 heteroatoms. The Bertz CT molecular complexity index is 332. The molecule has 2 rings (SSSR count). The number of carbonyl (C=O) groups excluding carboxylic acids is 1. The van der Waals surface area contributed by atoms with Gasteiger partial charge in [-0.05, 0) is 25.7 Å². The number of hydrogen-bond acceptors (Lipinski definition) is 4. The molecule has 18 heavy (non-hydrogen) atoms. The van der Waals surface area contributed by atoms with Gasteiger partial charge in [-0.15, -0.1) is 0 Å². The van der Waals surface area contributed by atoms with Crippen LogP contribution in [0.3, 0.4) is 0 Å². The van der Waals surface area contributed by atoms with Gasteiger partial charge in [-0.2, -0.15) is 0 Å². The Balaban J connectivity index is 1.83. The lowest BCUT2D eigenvalue weighted by Gasteiger charge is -2.21. The Morgan fingerprint density at radius 2 is 1.89 bits per heavy atom. The molecule has 0 radical (unpaired) electrons. The van der Waals surface area contributed by atoms with Crippen LogP contribution >= 0.6 is 0 Å². The van der Waals surface area contributed by atoms with Gasteiger partial charge in [-0.25, -0.2) is 4.79 Å². The molecule has 6 nitrogen and oxygen atoms in total. The number of hydrogen-bond donors (Lipinski definition) is 3. The maximum atomic E-state index is 11.9. The second kappa shape index (κ2) is 5.67. The number of nitrogens with one attached hydrogen (secondary N) is 1. The summed E-state index contributed by atoms with van der Waals surface area (Å²) in [5.41, 5.74) is 0. The fraction of sp³-hybridized carbons (Fsp3) is 0.833. The highest BCUT2D eigenvalue weighted by Crippen LogP contribution is 2.26. The molecule has 1 aliphatic heterocycles. The molecule has 1 saturated heterocycles. The van der Waals surface area contributed by atoms with E-state index in [2.05, 4.69) is 5.32 Å². The van der Waals surface area contributed by atoms with E-state index in [1.165, 1.54) is 0 Å². The summed E-state index contributed by atoms with van der Waals surface area (Å²) in [4.78, 5) is 22.6. The molecule has 1 aliphatic carbocycles. The summed E-state index contributed by atoms with van der Waals surface area (Å²) in [5.74, 6) is -1.14. The van der Waals surface area contributed by atoms with Gasteiger partial charge in [0.15, 0.2) is 6.10 Å². The van der Waals surface area contributed by atoms with Crippen molar-refractivity contribution in [1.82, 2.24) is 5.32 Å². The molecular formula is C12H19NO5. The number of amides is 1. The van der Waals surface area contributed by atoms with Crippen molar-refractivity contribution in [3.05, 3.63) is 0 Å². The number of aliphatic hydroxyl groups excluding tert-OH is 1. The highest BCUT2D eigenvalue weighted by Gasteiger charge is 2.37. The molecule has 0 bridgehead atoms. The minimum Gasteiger partial charge on any atom is -0.479 e. The first-order chi connectivity index (χ1) is 8.61. The lowest BCUT2D eigenvalue weighted by atomic mass is 10.0. The molecule has 0 aromatic carbocycles. The zero-order valence-electron chi connectivity index (χ0n) is 10.2. The maximum Gasteiger partial charge on any atom is 0.332 e. The largest absolute Gasteiger partial charge is 0.479 e. The lowest BCUT2D eigenvalue weighted by Crippen LogP contribution is -2.44. The van der Waals surface area contributed by atoms with Gasteiger partial charge in [0.25, 0.3) is 0 Å². The van der Waals surface area contributed by atoms with Crippen LogP contribution in [-0.2, 0) is 14.3 Å². The number of carboxylic acid groups (broad SMARTS) is 1. The van der Waals surface area contributed by atoms with Crippen molar-refractivity contribution in [2.75, 3.05) is 6.61 Å². The topological polar surface area (TPSA) is 95.9 Å². The molecule has 1 saturated carbocycles. The number of ether oxygens (including phenoxy) is 1. The maximum absolute atomic E-state index is 11.9. The van der Waals surface area contributed by atoms with Crippen molar-refractivity contribution in [3.8, 4) is 0 Å². The van der Waals surface area contributed by atoms with Gasteiger partial charge in [-0.1, -0.05) is 6.42 Å². The number of rotatable bonds is 4. The van der Waals surface area contributed by atoms with E-state index in [1.807, 2.05) is 0 Å². The molecule has 1 heterocycles. The fourth-order valence-electron chi connectivity index (χ4n) is 2.73. The molecule has 4 unspecified atom stereocenters. The van der Waals surface area contributed by atoms with E-state index in [0.29, 0.717) is 12.8 Å². The Labute approximate surface area is 105 Å². The van der Waals surface area contributed by atoms with Crippen molar-refractivity contribution >= 4 is 11.9 Å². The highest BCUT2D eigenvalue weighted by molar-refractivity contribution is 5.82. The van der Waals surface area contributed by atoms with E-state index < -0.39 is 18.2 Å². The Kier molecular flexibility index (Phi) is 4.19. The summed E-state index contributed by atoms with van der Waals surface area (Å²) in [7, 11) is 0. The lowest BCUT2D eigenvalue weighted by molar-refractivity contribution is -0.152. The summed E-state index contributed by atoms with van der Waals surface area (Å²) in [6, 6.07) is -0.00465. The van der Waals surface area contributed by atoms with Gasteiger partial charge in [0, 0.05) is 18.6 Å². The van der Waals surface area contributed by atoms with Crippen LogP contribution in [-0.4, -0.2) is 46.9 Å². The molecule has 2 fully saturated rings. The number of aliphatic carboxylic acids is 1. The third-order valence-corrected chi connectivity index (χ3v) is 3.81.